The van der Waals surface area contributed by atoms with E-state index in [0.717, 1.165) is 18.9 Å². The molecule has 0 atom stereocenters. The smallest absolute Gasteiger partial charge is 0.221 e. The highest BCUT2D eigenvalue weighted by atomic mass is 15.2. The van der Waals surface area contributed by atoms with Crippen LogP contribution >= 0.6 is 0 Å². The zero-order valence-corrected chi connectivity index (χ0v) is 10.2. The standard InChI is InChI=1S/C13H17N5/c14-7-9-18(10-11-4-2-1-3-5-11)12-6-8-16-13(15)17-12/h1-6,8H,7,9-10,14H2,(H2,15,16,17). The molecule has 0 aliphatic heterocycles. The van der Waals surface area contributed by atoms with E-state index >= 15 is 0 Å². The molecular formula is C13H17N5. The van der Waals surface area contributed by atoms with Crippen molar-refractivity contribution in [3.63, 3.8) is 0 Å². The predicted molar refractivity (Wildman–Crippen MR) is 73.0 cm³/mol. The number of aromatic nitrogens is 2. The van der Waals surface area contributed by atoms with Crippen molar-refractivity contribution in [3.8, 4) is 0 Å². The van der Waals surface area contributed by atoms with Crippen molar-refractivity contribution in [2.75, 3.05) is 23.7 Å². The van der Waals surface area contributed by atoms with Crippen molar-refractivity contribution in [1.29, 1.82) is 0 Å². The van der Waals surface area contributed by atoms with Gasteiger partial charge in [0.25, 0.3) is 0 Å². The van der Waals surface area contributed by atoms with Gasteiger partial charge in [0.2, 0.25) is 5.95 Å². The Hall–Kier alpha value is -2.14. The minimum absolute atomic E-state index is 0.280. The van der Waals surface area contributed by atoms with E-state index < -0.39 is 0 Å². The Morgan fingerprint density at radius 3 is 2.56 bits per heavy atom. The number of nitrogens with two attached hydrogens (primary N) is 2. The second-order valence-electron chi connectivity index (χ2n) is 3.97. The van der Waals surface area contributed by atoms with E-state index in [1.807, 2.05) is 24.3 Å². The SMILES string of the molecule is NCCN(Cc1ccccc1)c1ccnc(N)n1. The molecule has 5 heteroatoms. The maximum Gasteiger partial charge on any atom is 0.221 e. The fourth-order valence-corrected chi connectivity index (χ4v) is 1.77. The van der Waals surface area contributed by atoms with Gasteiger partial charge in [-0.3, -0.25) is 0 Å². The molecule has 0 fully saturated rings. The Morgan fingerprint density at radius 1 is 1.11 bits per heavy atom. The Labute approximate surface area is 106 Å². The Bertz CT molecular complexity index is 486. The third kappa shape index (κ3) is 3.18. The van der Waals surface area contributed by atoms with Gasteiger partial charge in [0.15, 0.2) is 0 Å². The van der Waals surface area contributed by atoms with E-state index in [-0.39, 0.29) is 5.95 Å². The number of hydrogen-bond donors (Lipinski definition) is 2. The van der Waals surface area contributed by atoms with E-state index in [2.05, 4.69) is 27.0 Å². The van der Waals surface area contributed by atoms with Crippen LogP contribution in [-0.4, -0.2) is 23.1 Å². The fourth-order valence-electron chi connectivity index (χ4n) is 1.77. The lowest BCUT2D eigenvalue weighted by Crippen LogP contribution is -2.29. The van der Waals surface area contributed by atoms with Gasteiger partial charge in [0.1, 0.15) is 5.82 Å². The molecular weight excluding hydrogens is 226 g/mol. The molecule has 0 spiro atoms. The number of rotatable bonds is 5. The molecule has 2 rings (SSSR count). The van der Waals surface area contributed by atoms with Gasteiger partial charge in [0.05, 0.1) is 0 Å². The molecule has 18 heavy (non-hydrogen) atoms. The van der Waals surface area contributed by atoms with Gasteiger partial charge >= 0.3 is 0 Å². The summed E-state index contributed by atoms with van der Waals surface area (Å²) in [5.74, 6) is 1.08. The van der Waals surface area contributed by atoms with Gasteiger partial charge < -0.3 is 16.4 Å². The molecule has 0 saturated heterocycles. The van der Waals surface area contributed by atoms with E-state index in [1.54, 1.807) is 6.20 Å². The molecule has 94 valence electrons. The summed E-state index contributed by atoms with van der Waals surface area (Å²) >= 11 is 0. The molecule has 0 saturated carbocycles. The molecule has 1 aromatic heterocycles. The van der Waals surface area contributed by atoms with Gasteiger partial charge in [-0.05, 0) is 11.6 Å². The fraction of sp³-hybridized carbons (Fsp3) is 0.231. The van der Waals surface area contributed by atoms with Crippen LogP contribution in [0.5, 0.6) is 0 Å². The Balaban J connectivity index is 2.18. The summed E-state index contributed by atoms with van der Waals surface area (Å²) < 4.78 is 0. The summed E-state index contributed by atoms with van der Waals surface area (Å²) in [4.78, 5) is 10.2. The highest BCUT2D eigenvalue weighted by Crippen LogP contribution is 2.14. The van der Waals surface area contributed by atoms with Crippen LogP contribution in [0.15, 0.2) is 42.6 Å². The quantitative estimate of drug-likeness (QED) is 0.819. The lowest BCUT2D eigenvalue weighted by Gasteiger charge is -2.23. The summed E-state index contributed by atoms with van der Waals surface area (Å²) in [6, 6.07) is 12.0. The van der Waals surface area contributed by atoms with Crippen molar-refractivity contribution in [3.05, 3.63) is 48.2 Å². The number of anilines is 2. The lowest BCUT2D eigenvalue weighted by molar-refractivity contribution is 0.774. The summed E-state index contributed by atoms with van der Waals surface area (Å²) in [6.07, 6.45) is 1.66. The number of nitrogen functional groups attached to an aromatic ring is 1. The third-order valence-corrected chi connectivity index (χ3v) is 2.60. The first-order valence-electron chi connectivity index (χ1n) is 5.87. The first-order valence-corrected chi connectivity index (χ1v) is 5.87. The number of hydrogen-bond acceptors (Lipinski definition) is 5. The van der Waals surface area contributed by atoms with Crippen molar-refractivity contribution in [1.82, 2.24) is 9.97 Å². The Kier molecular flexibility index (Phi) is 4.09. The van der Waals surface area contributed by atoms with Crippen molar-refractivity contribution < 1.29 is 0 Å². The molecule has 0 aliphatic rings. The molecule has 0 bridgehead atoms. The predicted octanol–water partition coefficient (Wildman–Crippen LogP) is 1.02. The molecule has 0 amide bonds. The topological polar surface area (TPSA) is 81.1 Å². The van der Waals surface area contributed by atoms with Gasteiger partial charge in [-0.25, -0.2) is 4.98 Å². The van der Waals surface area contributed by atoms with Crippen LogP contribution in [0.25, 0.3) is 0 Å². The van der Waals surface area contributed by atoms with Gasteiger partial charge in [-0.1, -0.05) is 30.3 Å². The monoisotopic (exact) mass is 243 g/mol. The maximum atomic E-state index is 5.64. The number of benzene rings is 1. The molecule has 0 radical (unpaired) electrons. The largest absolute Gasteiger partial charge is 0.368 e. The summed E-state index contributed by atoms with van der Waals surface area (Å²) in [5.41, 5.74) is 12.5. The van der Waals surface area contributed by atoms with Crippen molar-refractivity contribution >= 4 is 11.8 Å². The van der Waals surface area contributed by atoms with Gasteiger partial charge in [0, 0.05) is 25.8 Å². The van der Waals surface area contributed by atoms with Crippen molar-refractivity contribution in [2.45, 2.75) is 6.54 Å². The van der Waals surface area contributed by atoms with E-state index in [0.29, 0.717) is 6.54 Å². The second-order valence-corrected chi connectivity index (χ2v) is 3.97. The maximum absolute atomic E-state index is 5.64. The summed E-state index contributed by atoms with van der Waals surface area (Å²) in [7, 11) is 0. The third-order valence-electron chi connectivity index (χ3n) is 2.60. The molecule has 1 heterocycles. The average molecular weight is 243 g/mol. The lowest BCUT2D eigenvalue weighted by atomic mass is 10.2. The molecule has 0 unspecified atom stereocenters. The summed E-state index contributed by atoms with van der Waals surface area (Å²) in [6.45, 7) is 2.05. The van der Waals surface area contributed by atoms with Crippen molar-refractivity contribution in [2.24, 2.45) is 5.73 Å². The zero-order chi connectivity index (χ0) is 12.8. The summed E-state index contributed by atoms with van der Waals surface area (Å²) in [5, 5.41) is 0. The normalized spacial score (nSPS) is 10.3. The van der Waals surface area contributed by atoms with Crippen LogP contribution in [-0.2, 0) is 6.54 Å². The minimum Gasteiger partial charge on any atom is -0.368 e. The molecule has 5 nitrogen and oxygen atoms in total. The first kappa shape index (κ1) is 12.3. The van der Waals surface area contributed by atoms with Gasteiger partial charge in [-0.2, -0.15) is 4.98 Å². The van der Waals surface area contributed by atoms with E-state index in [4.69, 9.17) is 11.5 Å². The molecule has 4 N–H and O–H groups in total. The first-order chi connectivity index (χ1) is 8.79. The Morgan fingerprint density at radius 2 is 1.89 bits per heavy atom. The highest BCUT2D eigenvalue weighted by molar-refractivity contribution is 5.41. The highest BCUT2D eigenvalue weighted by Gasteiger charge is 2.08. The average Bonchev–Trinajstić information content (AvgIpc) is 2.39. The second kappa shape index (κ2) is 5.97. The minimum atomic E-state index is 0.280. The molecule has 2 aromatic rings. The van der Waals surface area contributed by atoms with Crippen LogP contribution in [0, 0.1) is 0 Å². The van der Waals surface area contributed by atoms with Crippen LogP contribution in [0.3, 0.4) is 0 Å². The van der Waals surface area contributed by atoms with Gasteiger partial charge in [-0.15, -0.1) is 0 Å². The van der Waals surface area contributed by atoms with Crippen LogP contribution < -0.4 is 16.4 Å². The van der Waals surface area contributed by atoms with E-state index in [9.17, 15) is 0 Å². The number of nitrogens with zero attached hydrogens (tertiary/aromatic N) is 3. The van der Waals surface area contributed by atoms with E-state index in [1.165, 1.54) is 5.56 Å². The van der Waals surface area contributed by atoms with Crippen LogP contribution in [0.4, 0.5) is 11.8 Å². The van der Waals surface area contributed by atoms with Crippen LogP contribution in [0.2, 0.25) is 0 Å². The van der Waals surface area contributed by atoms with Crippen LogP contribution in [0.1, 0.15) is 5.56 Å². The zero-order valence-electron chi connectivity index (χ0n) is 10.2. The molecule has 0 aliphatic carbocycles. The molecule has 1 aromatic carbocycles.